The standard InChI is InChI=1S/C14H20Br2N2/c15-12-8-13(16)14(18-9-12)10-17-7-6-11-4-2-1-3-5-11/h8-9,11,17H,1-7,10H2. The first-order chi connectivity index (χ1) is 8.75. The molecule has 1 saturated carbocycles. The second-order valence-electron chi connectivity index (χ2n) is 5.05. The summed E-state index contributed by atoms with van der Waals surface area (Å²) in [5, 5.41) is 3.50. The van der Waals surface area contributed by atoms with Crippen LogP contribution in [0.15, 0.2) is 21.2 Å². The van der Waals surface area contributed by atoms with E-state index in [-0.39, 0.29) is 0 Å². The van der Waals surface area contributed by atoms with Crippen molar-refractivity contribution in [3.8, 4) is 0 Å². The topological polar surface area (TPSA) is 24.9 Å². The highest BCUT2D eigenvalue weighted by molar-refractivity contribution is 9.11. The van der Waals surface area contributed by atoms with Gasteiger partial charge in [0.1, 0.15) is 0 Å². The van der Waals surface area contributed by atoms with Crippen LogP contribution in [-0.2, 0) is 6.54 Å². The molecule has 0 aromatic carbocycles. The minimum atomic E-state index is 0.848. The minimum Gasteiger partial charge on any atom is -0.311 e. The van der Waals surface area contributed by atoms with Gasteiger partial charge in [0.05, 0.1) is 5.69 Å². The van der Waals surface area contributed by atoms with Crippen LogP contribution in [0.25, 0.3) is 0 Å². The summed E-state index contributed by atoms with van der Waals surface area (Å²) in [6.45, 7) is 1.95. The molecule has 1 heterocycles. The van der Waals surface area contributed by atoms with Crippen LogP contribution >= 0.6 is 31.9 Å². The molecular weight excluding hydrogens is 356 g/mol. The zero-order valence-electron chi connectivity index (χ0n) is 10.6. The molecule has 100 valence electrons. The van der Waals surface area contributed by atoms with E-state index in [1.54, 1.807) is 0 Å². The Bertz CT molecular complexity index is 376. The fourth-order valence-corrected chi connectivity index (χ4v) is 3.69. The summed E-state index contributed by atoms with van der Waals surface area (Å²) in [5.74, 6) is 0.951. The maximum absolute atomic E-state index is 4.41. The van der Waals surface area contributed by atoms with Crippen LogP contribution in [0.3, 0.4) is 0 Å². The number of halogens is 2. The van der Waals surface area contributed by atoms with E-state index in [1.807, 2.05) is 12.3 Å². The van der Waals surface area contributed by atoms with Gasteiger partial charge in [0.15, 0.2) is 0 Å². The fourth-order valence-electron chi connectivity index (χ4n) is 2.56. The predicted molar refractivity (Wildman–Crippen MR) is 82.5 cm³/mol. The van der Waals surface area contributed by atoms with Gasteiger partial charge in [0.2, 0.25) is 0 Å². The summed E-state index contributed by atoms with van der Waals surface area (Å²) in [6.07, 6.45) is 10.3. The van der Waals surface area contributed by atoms with Gasteiger partial charge in [0, 0.05) is 21.7 Å². The van der Waals surface area contributed by atoms with Gasteiger partial charge in [-0.15, -0.1) is 0 Å². The average molecular weight is 376 g/mol. The van der Waals surface area contributed by atoms with E-state index < -0.39 is 0 Å². The molecule has 0 unspecified atom stereocenters. The maximum Gasteiger partial charge on any atom is 0.0684 e. The Balaban J connectivity index is 1.68. The van der Waals surface area contributed by atoms with Gasteiger partial charge in [-0.25, -0.2) is 0 Å². The van der Waals surface area contributed by atoms with Crippen LogP contribution in [0.4, 0.5) is 0 Å². The molecule has 2 nitrogen and oxygen atoms in total. The van der Waals surface area contributed by atoms with Gasteiger partial charge in [-0.05, 0) is 56.8 Å². The third kappa shape index (κ3) is 4.63. The number of pyridine rings is 1. The first kappa shape index (κ1) is 14.5. The third-order valence-electron chi connectivity index (χ3n) is 3.63. The lowest BCUT2D eigenvalue weighted by Crippen LogP contribution is -2.19. The minimum absolute atomic E-state index is 0.848. The zero-order valence-corrected chi connectivity index (χ0v) is 13.8. The highest BCUT2D eigenvalue weighted by Gasteiger charge is 2.12. The lowest BCUT2D eigenvalue weighted by atomic mass is 9.87. The molecule has 0 bridgehead atoms. The van der Waals surface area contributed by atoms with E-state index in [0.717, 1.165) is 33.6 Å². The highest BCUT2D eigenvalue weighted by Crippen LogP contribution is 2.25. The van der Waals surface area contributed by atoms with Gasteiger partial charge >= 0.3 is 0 Å². The first-order valence-corrected chi connectivity index (χ1v) is 8.35. The Morgan fingerprint density at radius 3 is 2.72 bits per heavy atom. The Kier molecular flexibility index (Phi) is 6.12. The molecule has 0 spiro atoms. The summed E-state index contributed by atoms with van der Waals surface area (Å²) >= 11 is 6.96. The molecule has 0 saturated heterocycles. The van der Waals surface area contributed by atoms with Gasteiger partial charge in [-0.2, -0.15) is 0 Å². The van der Waals surface area contributed by atoms with Gasteiger partial charge in [-0.1, -0.05) is 32.1 Å². The Hall–Kier alpha value is 0.0700. The van der Waals surface area contributed by atoms with E-state index in [9.17, 15) is 0 Å². The lowest BCUT2D eigenvalue weighted by molar-refractivity contribution is 0.333. The molecule has 1 aliphatic carbocycles. The molecule has 0 amide bonds. The molecule has 0 radical (unpaired) electrons. The van der Waals surface area contributed by atoms with E-state index in [0.29, 0.717) is 0 Å². The molecule has 0 aliphatic heterocycles. The number of hydrogen-bond acceptors (Lipinski definition) is 2. The largest absolute Gasteiger partial charge is 0.311 e. The van der Waals surface area contributed by atoms with Crippen molar-refractivity contribution in [2.45, 2.75) is 45.1 Å². The average Bonchev–Trinajstić information content (AvgIpc) is 2.38. The monoisotopic (exact) mass is 374 g/mol. The van der Waals surface area contributed by atoms with Gasteiger partial charge in [0.25, 0.3) is 0 Å². The molecule has 1 N–H and O–H groups in total. The summed E-state index contributed by atoms with van der Waals surface area (Å²) in [7, 11) is 0. The molecular formula is C14H20Br2N2. The van der Waals surface area contributed by atoms with E-state index in [4.69, 9.17) is 0 Å². The number of nitrogens with one attached hydrogen (secondary N) is 1. The molecule has 1 aromatic rings. The summed E-state index contributed by atoms with van der Waals surface area (Å²) < 4.78 is 2.09. The molecule has 1 aromatic heterocycles. The number of hydrogen-bond donors (Lipinski definition) is 1. The fraction of sp³-hybridized carbons (Fsp3) is 0.643. The van der Waals surface area contributed by atoms with E-state index in [2.05, 4.69) is 42.2 Å². The van der Waals surface area contributed by atoms with Crippen molar-refractivity contribution in [3.05, 3.63) is 26.9 Å². The quantitative estimate of drug-likeness (QED) is 0.756. The maximum atomic E-state index is 4.41. The van der Waals surface area contributed by atoms with Crippen molar-refractivity contribution in [1.29, 1.82) is 0 Å². The normalized spacial score (nSPS) is 17.0. The van der Waals surface area contributed by atoms with Crippen LogP contribution < -0.4 is 5.32 Å². The predicted octanol–water partition coefficient (Wildman–Crippen LogP) is 4.67. The van der Waals surface area contributed by atoms with Crippen LogP contribution in [0.5, 0.6) is 0 Å². The summed E-state index contributed by atoms with van der Waals surface area (Å²) in [5.41, 5.74) is 1.09. The van der Waals surface area contributed by atoms with E-state index >= 15 is 0 Å². The van der Waals surface area contributed by atoms with Crippen molar-refractivity contribution in [1.82, 2.24) is 10.3 Å². The van der Waals surface area contributed by atoms with Crippen molar-refractivity contribution in [2.24, 2.45) is 5.92 Å². The van der Waals surface area contributed by atoms with Crippen molar-refractivity contribution in [3.63, 3.8) is 0 Å². The van der Waals surface area contributed by atoms with Crippen molar-refractivity contribution >= 4 is 31.9 Å². The Morgan fingerprint density at radius 1 is 1.22 bits per heavy atom. The summed E-state index contributed by atoms with van der Waals surface area (Å²) in [4.78, 5) is 4.41. The smallest absolute Gasteiger partial charge is 0.0684 e. The van der Waals surface area contributed by atoms with Crippen molar-refractivity contribution in [2.75, 3.05) is 6.54 Å². The number of aromatic nitrogens is 1. The molecule has 4 heteroatoms. The van der Waals surface area contributed by atoms with Gasteiger partial charge < -0.3 is 5.32 Å². The van der Waals surface area contributed by atoms with Gasteiger partial charge in [-0.3, -0.25) is 4.98 Å². The van der Waals surface area contributed by atoms with Crippen LogP contribution in [0.2, 0.25) is 0 Å². The molecule has 1 fully saturated rings. The summed E-state index contributed by atoms with van der Waals surface area (Å²) in [6, 6.07) is 2.05. The second-order valence-corrected chi connectivity index (χ2v) is 6.82. The first-order valence-electron chi connectivity index (χ1n) is 6.76. The number of rotatable bonds is 5. The molecule has 0 atom stereocenters. The van der Waals surface area contributed by atoms with Crippen molar-refractivity contribution < 1.29 is 0 Å². The Labute approximate surface area is 126 Å². The van der Waals surface area contributed by atoms with Crippen LogP contribution in [-0.4, -0.2) is 11.5 Å². The Morgan fingerprint density at radius 2 is 2.00 bits per heavy atom. The van der Waals surface area contributed by atoms with Crippen LogP contribution in [0, 0.1) is 5.92 Å². The second kappa shape index (κ2) is 7.61. The van der Waals surface area contributed by atoms with E-state index in [1.165, 1.54) is 38.5 Å². The lowest BCUT2D eigenvalue weighted by Gasteiger charge is -2.21. The van der Waals surface area contributed by atoms with Crippen LogP contribution in [0.1, 0.15) is 44.2 Å². The number of nitrogens with zero attached hydrogens (tertiary/aromatic N) is 1. The molecule has 18 heavy (non-hydrogen) atoms. The molecule has 2 rings (SSSR count). The highest BCUT2D eigenvalue weighted by atomic mass is 79.9. The third-order valence-corrected chi connectivity index (χ3v) is 4.75. The molecule has 1 aliphatic rings. The SMILES string of the molecule is Brc1cnc(CNCCC2CCCCC2)c(Br)c1. The zero-order chi connectivity index (χ0) is 12.8.